The molecule has 0 aliphatic heterocycles. The van der Waals surface area contributed by atoms with Gasteiger partial charge in [0.15, 0.2) is 0 Å². The lowest BCUT2D eigenvalue weighted by atomic mass is 10.3. The van der Waals surface area contributed by atoms with E-state index in [1.165, 1.54) is 0 Å². The summed E-state index contributed by atoms with van der Waals surface area (Å²) in [5, 5.41) is 11.9. The lowest BCUT2D eigenvalue weighted by molar-refractivity contribution is -0.128. The van der Waals surface area contributed by atoms with Gasteiger partial charge in [-0.2, -0.15) is 0 Å². The van der Waals surface area contributed by atoms with E-state index in [0.717, 1.165) is 0 Å². The Morgan fingerprint density at radius 3 is 2.64 bits per heavy atom. The van der Waals surface area contributed by atoms with Gasteiger partial charge in [0.05, 0.1) is 19.3 Å². The van der Waals surface area contributed by atoms with E-state index in [2.05, 4.69) is 5.32 Å². The normalized spacial score (nSPS) is 12.6. The topological polar surface area (TPSA) is 61.8 Å². The van der Waals surface area contributed by atoms with Gasteiger partial charge in [-0.1, -0.05) is 0 Å². The molecule has 0 radical (unpaired) electrons. The Labute approximate surface area is 85.0 Å². The molecule has 0 fully saturated rings. The molecular formula is C9H20N2O3. The minimum absolute atomic E-state index is 0.0179. The van der Waals surface area contributed by atoms with Crippen molar-refractivity contribution >= 4 is 5.91 Å². The number of nitrogens with zero attached hydrogens (tertiary/aromatic N) is 1. The Balaban J connectivity index is 3.55. The summed E-state index contributed by atoms with van der Waals surface area (Å²) >= 11 is 0. The number of hydrogen-bond donors (Lipinski definition) is 2. The third kappa shape index (κ3) is 5.90. The summed E-state index contributed by atoms with van der Waals surface area (Å²) in [7, 11) is 5.03. The summed E-state index contributed by atoms with van der Waals surface area (Å²) in [5.41, 5.74) is 0. The molecule has 0 saturated heterocycles. The van der Waals surface area contributed by atoms with E-state index in [1.807, 2.05) is 0 Å². The van der Waals surface area contributed by atoms with Crippen LogP contribution in [0.25, 0.3) is 0 Å². The number of ether oxygens (including phenoxy) is 1. The first-order valence-electron chi connectivity index (χ1n) is 4.65. The highest BCUT2D eigenvalue weighted by atomic mass is 16.5. The first kappa shape index (κ1) is 13.4. The highest BCUT2D eigenvalue weighted by Crippen LogP contribution is 1.88. The summed E-state index contributed by atoms with van der Waals surface area (Å²) in [4.78, 5) is 12.7. The first-order valence-corrected chi connectivity index (χ1v) is 4.65. The fourth-order valence-electron chi connectivity index (χ4n) is 0.984. The van der Waals surface area contributed by atoms with Gasteiger partial charge < -0.3 is 20.1 Å². The van der Waals surface area contributed by atoms with Crippen molar-refractivity contribution in [2.24, 2.45) is 0 Å². The van der Waals surface area contributed by atoms with Crippen molar-refractivity contribution in [2.45, 2.75) is 12.5 Å². The smallest absolute Gasteiger partial charge is 0.223 e. The molecule has 2 N–H and O–H groups in total. The monoisotopic (exact) mass is 204 g/mol. The van der Waals surface area contributed by atoms with Crippen molar-refractivity contribution in [3.05, 3.63) is 0 Å². The minimum Gasteiger partial charge on any atom is -0.395 e. The molecule has 0 aromatic rings. The lowest BCUT2D eigenvalue weighted by Gasteiger charge is -2.16. The molecule has 0 spiro atoms. The average molecular weight is 204 g/mol. The maximum absolute atomic E-state index is 11.2. The van der Waals surface area contributed by atoms with Crippen LogP contribution in [-0.2, 0) is 9.53 Å². The van der Waals surface area contributed by atoms with Gasteiger partial charge in [0, 0.05) is 34.2 Å². The number of nitrogens with one attached hydrogen (secondary N) is 1. The van der Waals surface area contributed by atoms with Crippen LogP contribution in [0.15, 0.2) is 0 Å². The number of methoxy groups -OCH3 is 1. The highest BCUT2D eigenvalue weighted by Gasteiger charge is 2.07. The van der Waals surface area contributed by atoms with Gasteiger partial charge >= 0.3 is 0 Å². The molecule has 0 rings (SSSR count). The second kappa shape index (κ2) is 7.73. The van der Waals surface area contributed by atoms with Crippen molar-refractivity contribution in [3.8, 4) is 0 Å². The van der Waals surface area contributed by atoms with Crippen LogP contribution in [0.3, 0.4) is 0 Å². The zero-order valence-electron chi connectivity index (χ0n) is 9.12. The number of rotatable bonds is 7. The van der Waals surface area contributed by atoms with Crippen molar-refractivity contribution in [1.29, 1.82) is 0 Å². The van der Waals surface area contributed by atoms with E-state index in [-0.39, 0.29) is 18.6 Å². The lowest BCUT2D eigenvalue weighted by Crippen LogP contribution is -2.38. The van der Waals surface area contributed by atoms with E-state index in [1.54, 1.807) is 26.1 Å². The van der Waals surface area contributed by atoms with Crippen molar-refractivity contribution in [2.75, 3.05) is 41.0 Å². The highest BCUT2D eigenvalue weighted by molar-refractivity contribution is 5.75. The number of aliphatic hydroxyl groups excluding tert-OH is 1. The molecule has 5 nitrogen and oxygen atoms in total. The zero-order chi connectivity index (χ0) is 11.0. The molecule has 1 unspecified atom stereocenters. The van der Waals surface area contributed by atoms with Crippen LogP contribution in [0.2, 0.25) is 0 Å². The Bertz CT molecular complexity index is 162. The second-order valence-corrected chi connectivity index (χ2v) is 3.33. The van der Waals surface area contributed by atoms with Gasteiger partial charge in [-0.3, -0.25) is 4.79 Å². The van der Waals surface area contributed by atoms with Crippen molar-refractivity contribution in [1.82, 2.24) is 10.2 Å². The average Bonchev–Trinajstić information content (AvgIpc) is 2.16. The Kier molecular flexibility index (Phi) is 7.37. The fourth-order valence-corrected chi connectivity index (χ4v) is 0.984. The molecule has 14 heavy (non-hydrogen) atoms. The van der Waals surface area contributed by atoms with E-state index in [9.17, 15) is 4.79 Å². The van der Waals surface area contributed by atoms with Gasteiger partial charge in [-0.25, -0.2) is 0 Å². The predicted octanol–water partition coefficient (Wildman–Crippen LogP) is -0.938. The predicted molar refractivity (Wildman–Crippen MR) is 54.1 cm³/mol. The molecule has 0 aromatic heterocycles. The summed E-state index contributed by atoms with van der Waals surface area (Å²) < 4.78 is 4.88. The number of aliphatic hydroxyl groups is 1. The van der Waals surface area contributed by atoms with Crippen LogP contribution in [0.4, 0.5) is 0 Å². The van der Waals surface area contributed by atoms with Gasteiger partial charge in [-0.15, -0.1) is 0 Å². The molecule has 0 heterocycles. The van der Waals surface area contributed by atoms with Crippen LogP contribution >= 0.6 is 0 Å². The SMILES string of the molecule is COCC(CO)NCCC(=O)N(C)C. The standard InChI is InChI=1S/C9H20N2O3/c1-11(2)9(13)4-5-10-8(6-12)7-14-3/h8,10,12H,4-7H2,1-3H3. The van der Waals surface area contributed by atoms with Gasteiger partial charge in [0.25, 0.3) is 0 Å². The van der Waals surface area contributed by atoms with Crippen LogP contribution < -0.4 is 5.32 Å². The summed E-state index contributed by atoms with van der Waals surface area (Å²) in [6.45, 7) is 1.03. The van der Waals surface area contributed by atoms with Crippen molar-refractivity contribution in [3.63, 3.8) is 0 Å². The third-order valence-electron chi connectivity index (χ3n) is 1.86. The molecule has 1 atom stereocenters. The van der Waals surface area contributed by atoms with Gasteiger partial charge in [0.2, 0.25) is 5.91 Å². The fraction of sp³-hybridized carbons (Fsp3) is 0.889. The van der Waals surface area contributed by atoms with Gasteiger partial charge in [-0.05, 0) is 0 Å². The Morgan fingerprint density at radius 2 is 2.21 bits per heavy atom. The maximum Gasteiger partial charge on any atom is 0.223 e. The van der Waals surface area contributed by atoms with Crippen LogP contribution in [0.5, 0.6) is 0 Å². The third-order valence-corrected chi connectivity index (χ3v) is 1.86. The number of carbonyl (C=O) groups is 1. The maximum atomic E-state index is 11.2. The molecule has 84 valence electrons. The molecule has 0 aliphatic carbocycles. The number of amides is 1. The van der Waals surface area contributed by atoms with Crippen LogP contribution in [0, 0.1) is 0 Å². The quantitative estimate of drug-likeness (QED) is 0.562. The van der Waals surface area contributed by atoms with Crippen molar-refractivity contribution < 1.29 is 14.6 Å². The van der Waals surface area contributed by atoms with E-state index >= 15 is 0 Å². The molecule has 0 bridgehead atoms. The number of hydrogen-bond acceptors (Lipinski definition) is 4. The number of carbonyl (C=O) groups excluding carboxylic acids is 1. The van der Waals surface area contributed by atoms with E-state index in [0.29, 0.717) is 19.6 Å². The Morgan fingerprint density at radius 1 is 1.57 bits per heavy atom. The van der Waals surface area contributed by atoms with Crippen LogP contribution in [0.1, 0.15) is 6.42 Å². The zero-order valence-corrected chi connectivity index (χ0v) is 9.12. The molecule has 5 heteroatoms. The molecule has 1 amide bonds. The Hall–Kier alpha value is -0.650. The molecule has 0 aliphatic rings. The second-order valence-electron chi connectivity index (χ2n) is 3.33. The minimum atomic E-state index is -0.0880. The molecule has 0 saturated carbocycles. The summed E-state index contributed by atoms with van der Waals surface area (Å²) in [5.74, 6) is 0.0756. The van der Waals surface area contributed by atoms with E-state index < -0.39 is 0 Å². The largest absolute Gasteiger partial charge is 0.395 e. The van der Waals surface area contributed by atoms with Crippen LogP contribution in [-0.4, -0.2) is 62.9 Å². The molecule has 0 aromatic carbocycles. The van der Waals surface area contributed by atoms with Gasteiger partial charge in [0.1, 0.15) is 0 Å². The summed E-state index contributed by atoms with van der Waals surface area (Å²) in [6.07, 6.45) is 0.438. The van der Waals surface area contributed by atoms with E-state index in [4.69, 9.17) is 9.84 Å². The first-order chi connectivity index (χ1) is 6.61. The molecular weight excluding hydrogens is 184 g/mol. The summed E-state index contributed by atoms with van der Waals surface area (Å²) in [6, 6.07) is -0.0880.